The normalized spacial score (nSPS) is 12.0. The van der Waals surface area contributed by atoms with Crippen LogP contribution < -0.4 is 10.1 Å². The van der Waals surface area contributed by atoms with Crippen LogP contribution >= 0.6 is 0 Å². The number of carbonyl (C=O) groups excluding carboxylic acids is 2. The molecule has 0 aliphatic carbocycles. The highest BCUT2D eigenvalue weighted by Crippen LogP contribution is 2.17. The molecule has 1 N–H and O–H groups in total. The molecule has 0 saturated carbocycles. The second-order valence-electron chi connectivity index (χ2n) is 6.46. The van der Waals surface area contributed by atoms with Gasteiger partial charge < -0.3 is 14.8 Å². The molecule has 0 fully saturated rings. The van der Waals surface area contributed by atoms with Crippen LogP contribution in [0.4, 0.5) is 5.69 Å². The number of nitrogens with one attached hydrogen (secondary N) is 1. The van der Waals surface area contributed by atoms with Crippen molar-refractivity contribution in [3.8, 4) is 5.75 Å². The van der Waals surface area contributed by atoms with E-state index in [-0.39, 0.29) is 5.91 Å². The van der Waals surface area contributed by atoms with E-state index in [9.17, 15) is 9.59 Å². The molecule has 0 aromatic heterocycles. The van der Waals surface area contributed by atoms with E-state index >= 15 is 0 Å². The van der Waals surface area contributed by atoms with Gasteiger partial charge in [0, 0.05) is 11.8 Å². The topological polar surface area (TPSA) is 64.6 Å². The van der Waals surface area contributed by atoms with Crippen LogP contribution in [-0.4, -0.2) is 25.1 Å². The molecule has 5 heteroatoms. The Labute approximate surface area is 160 Å². The molecule has 0 radical (unpaired) electrons. The van der Waals surface area contributed by atoms with Gasteiger partial charge in [0.05, 0.1) is 7.11 Å². The first-order valence-corrected chi connectivity index (χ1v) is 8.82. The Bertz CT molecular complexity index is 809. The van der Waals surface area contributed by atoms with Crippen LogP contribution in [0.1, 0.15) is 37.8 Å². The lowest BCUT2D eigenvalue weighted by atomic mass is 10.0. The van der Waals surface area contributed by atoms with Crippen LogP contribution in [0.2, 0.25) is 0 Å². The summed E-state index contributed by atoms with van der Waals surface area (Å²) < 4.78 is 10.3. The van der Waals surface area contributed by atoms with Crippen molar-refractivity contribution in [2.75, 3.05) is 12.4 Å². The van der Waals surface area contributed by atoms with Gasteiger partial charge in [-0.05, 0) is 54.3 Å². The quantitative estimate of drug-likeness (QED) is 0.582. The summed E-state index contributed by atoms with van der Waals surface area (Å²) in [5.41, 5.74) is 2.66. The van der Waals surface area contributed by atoms with E-state index in [0.29, 0.717) is 17.4 Å². The van der Waals surface area contributed by atoms with Crippen LogP contribution in [0.5, 0.6) is 5.75 Å². The van der Waals surface area contributed by atoms with Gasteiger partial charge in [-0.1, -0.05) is 38.1 Å². The highest BCUT2D eigenvalue weighted by Gasteiger charge is 2.16. The maximum absolute atomic E-state index is 12.2. The molecule has 0 bridgehead atoms. The highest BCUT2D eigenvalue weighted by atomic mass is 16.5. The van der Waals surface area contributed by atoms with E-state index in [4.69, 9.17) is 9.47 Å². The van der Waals surface area contributed by atoms with Crippen LogP contribution in [0, 0.1) is 0 Å². The van der Waals surface area contributed by atoms with Gasteiger partial charge in [0.25, 0.3) is 5.91 Å². The number of rotatable bonds is 7. The fourth-order valence-electron chi connectivity index (χ4n) is 2.37. The van der Waals surface area contributed by atoms with Crippen molar-refractivity contribution in [1.29, 1.82) is 0 Å². The predicted molar refractivity (Wildman–Crippen MR) is 107 cm³/mol. The summed E-state index contributed by atoms with van der Waals surface area (Å²) in [6.45, 7) is 5.75. The highest BCUT2D eigenvalue weighted by molar-refractivity contribution is 5.96. The van der Waals surface area contributed by atoms with Crippen molar-refractivity contribution in [1.82, 2.24) is 0 Å². The van der Waals surface area contributed by atoms with Gasteiger partial charge in [0.1, 0.15) is 5.75 Å². The smallest absolute Gasteiger partial charge is 0.331 e. The van der Waals surface area contributed by atoms with Crippen molar-refractivity contribution < 1.29 is 19.1 Å². The lowest BCUT2D eigenvalue weighted by Gasteiger charge is -2.13. The third-order valence-electron chi connectivity index (χ3n) is 4.01. The molecule has 1 atom stereocenters. The van der Waals surface area contributed by atoms with Crippen molar-refractivity contribution in [3.05, 3.63) is 65.7 Å². The second kappa shape index (κ2) is 9.57. The molecular formula is C22H25NO4. The molecule has 2 aromatic rings. The second-order valence-corrected chi connectivity index (χ2v) is 6.46. The summed E-state index contributed by atoms with van der Waals surface area (Å²) in [4.78, 5) is 24.1. The zero-order valence-corrected chi connectivity index (χ0v) is 16.1. The Kier molecular flexibility index (Phi) is 7.17. The third kappa shape index (κ3) is 6.29. The summed E-state index contributed by atoms with van der Waals surface area (Å²) >= 11 is 0. The molecule has 2 rings (SSSR count). The largest absolute Gasteiger partial charge is 0.497 e. The van der Waals surface area contributed by atoms with Crippen LogP contribution in [0.3, 0.4) is 0 Å². The van der Waals surface area contributed by atoms with Crippen molar-refractivity contribution in [3.63, 3.8) is 0 Å². The number of methoxy groups -OCH3 is 1. The SMILES string of the molecule is COc1cccc(/C=C/C(=O)O[C@@H](C)C(=O)Nc2ccc(C(C)C)cc2)c1. The first-order chi connectivity index (χ1) is 12.9. The number of esters is 1. The average molecular weight is 367 g/mol. The van der Waals surface area contributed by atoms with Crippen molar-refractivity contribution in [2.45, 2.75) is 32.8 Å². The van der Waals surface area contributed by atoms with E-state index < -0.39 is 12.1 Å². The molecule has 1 amide bonds. The molecule has 0 spiro atoms. The van der Waals surface area contributed by atoms with E-state index in [0.717, 1.165) is 5.56 Å². The number of hydrogen-bond donors (Lipinski definition) is 1. The van der Waals surface area contributed by atoms with Gasteiger partial charge >= 0.3 is 5.97 Å². The van der Waals surface area contributed by atoms with Gasteiger partial charge in [-0.2, -0.15) is 0 Å². The molecule has 2 aromatic carbocycles. The minimum absolute atomic E-state index is 0.379. The summed E-state index contributed by atoms with van der Waals surface area (Å²) in [5.74, 6) is 0.152. The summed E-state index contributed by atoms with van der Waals surface area (Å²) in [6, 6.07) is 14.9. The van der Waals surface area contributed by atoms with E-state index in [1.807, 2.05) is 42.5 Å². The number of anilines is 1. The van der Waals surface area contributed by atoms with E-state index in [1.54, 1.807) is 19.3 Å². The molecular weight excluding hydrogens is 342 g/mol. The molecule has 0 heterocycles. The zero-order valence-electron chi connectivity index (χ0n) is 16.1. The summed E-state index contributed by atoms with van der Waals surface area (Å²) in [5, 5.41) is 2.75. The predicted octanol–water partition coefficient (Wildman–Crippen LogP) is 4.40. The summed E-state index contributed by atoms with van der Waals surface area (Å²) in [7, 11) is 1.58. The third-order valence-corrected chi connectivity index (χ3v) is 4.01. The van der Waals surface area contributed by atoms with Gasteiger partial charge in [-0.3, -0.25) is 4.79 Å². The maximum atomic E-state index is 12.2. The maximum Gasteiger partial charge on any atom is 0.331 e. The molecule has 5 nitrogen and oxygen atoms in total. The van der Waals surface area contributed by atoms with Gasteiger partial charge in [-0.25, -0.2) is 4.79 Å². The molecule has 0 aliphatic heterocycles. The number of ether oxygens (including phenoxy) is 2. The minimum Gasteiger partial charge on any atom is -0.497 e. The zero-order chi connectivity index (χ0) is 19.8. The van der Waals surface area contributed by atoms with Crippen LogP contribution in [0.15, 0.2) is 54.6 Å². The Hall–Kier alpha value is -3.08. The lowest BCUT2D eigenvalue weighted by Crippen LogP contribution is -2.29. The first-order valence-electron chi connectivity index (χ1n) is 8.82. The van der Waals surface area contributed by atoms with E-state index in [1.165, 1.54) is 18.6 Å². The molecule has 27 heavy (non-hydrogen) atoms. The van der Waals surface area contributed by atoms with Crippen LogP contribution in [0.25, 0.3) is 6.08 Å². The van der Waals surface area contributed by atoms with Crippen molar-refractivity contribution in [2.24, 2.45) is 0 Å². The van der Waals surface area contributed by atoms with Crippen LogP contribution in [-0.2, 0) is 14.3 Å². The minimum atomic E-state index is -0.905. The average Bonchev–Trinajstić information content (AvgIpc) is 2.66. The first kappa shape index (κ1) is 20.2. The Morgan fingerprint density at radius 1 is 1.04 bits per heavy atom. The molecule has 0 unspecified atom stereocenters. The molecule has 142 valence electrons. The molecule has 0 saturated heterocycles. The number of benzene rings is 2. The standard InChI is InChI=1S/C22H25NO4/c1-15(2)18-9-11-19(12-10-18)23-22(25)16(3)27-21(24)13-8-17-6-5-7-20(14-17)26-4/h5-16H,1-4H3,(H,23,25)/b13-8+/t16-/m0/s1. The lowest BCUT2D eigenvalue weighted by molar-refractivity contribution is -0.148. The van der Waals surface area contributed by atoms with Gasteiger partial charge in [0.15, 0.2) is 6.10 Å². The number of hydrogen-bond acceptors (Lipinski definition) is 4. The summed E-state index contributed by atoms with van der Waals surface area (Å²) in [6.07, 6.45) is 1.99. The van der Waals surface area contributed by atoms with Crippen molar-refractivity contribution >= 4 is 23.6 Å². The van der Waals surface area contributed by atoms with Gasteiger partial charge in [0.2, 0.25) is 0 Å². The Balaban J connectivity index is 1.89. The fraction of sp³-hybridized carbons (Fsp3) is 0.273. The van der Waals surface area contributed by atoms with Gasteiger partial charge in [-0.15, -0.1) is 0 Å². The number of carbonyl (C=O) groups is 2. The van der Waals surface area contributed by atoms with E-state index in [2.05, 4.69) is 19.2 Å². The Morgan fingerprint density at radius 3 is 2.37 bits per heavy atom. The Morgan fingerprint density at radius 2 is 1.74 bits per heavy atom. The fourth-order valence-corrected chi connectivity index (χ4v) is 2.37. The molecule has 0 aliphatic rings. The number of amides is 1. The monoisotopic (exact) mass is 367 g/mol.